The van der Waals surface area contributed by atoms with E-state index in [9.17, 15) is 4.79 Å². The van der Waals surface area contributed by atoms with E-state index in [0.717, 1.165) is 38.3 Å². The lowest BCUT2D eigenvalue weighted by Gasteiger charge is -2.39. The number of carbonyl (C=O) groups excluding carboxylic acids is 1. The highest BCUT2D eigenvalue weighted by atomic mass is 16.6. The molecule has 1 fully saturated rings. The third kappa shape index (κ3) is 3.40. The molecule has 0 saturated carbocycles. The molecule has 2 aromatic carbocycles. The fourth-order valence-corrected chi connectivity index (χ4v) is 5.10. The minimum atomic E-state index is -0.476. The van der Waals surface area contributed by atoms with Crippen LogP contribution in [-0.4, -0.2) is 48.9 Å². The fourth-order valence-electron chi connectivity index (χ4n) is 5.10. The zero-order chi connectivity index (χ0) is 20.9. The average molecular weight is 407 g/mol. The molecule has 2 atom stereocenters. The van der Waals surface area contributed by atoms with Crippen molar-refractivity contribution < 1.29 is 14.3 Å². The number of carbonyl (C=O) groups is 1. The van der Waals surface area contributed by atoms with Gasteiger partial charge < -0.3 is 19.3 Å². The first-order valence-corrected chi connectivity index (χ1v) is 11.0. The monoisotopic (exact) mass is 406 g/mol. The summed E-state index contributed by atoms with van der Waals surface area (Å²) in [5.41, 5.74) is 4.45. The van der Waals surface area contributed by atoms with Crippen molar-refractivity contribution in [1.29, 1.82) is 0 Å². The van der Waals surface area contributed by atoms with Crippen LogP contribution in [0.5, 0.6) is 5.75 Å². The Bertz CT molecular complexity index is 951. The molecule has 1 amide bonds. The van der Waals surface area contributed by atoms with Gasteiger partial charge >= 0.3 is 6.09 Å². The van der Waals surface area contributed by atoms with E-state index in [1.807, 2.05) is 31.7 Å². The quantitative estimate of drug-likeness (QED) is 0.665. The van der Waals surface area contributed by atoms with Crippen LogP contribution < -0.4 is 9.64 Å². The summed E-state index contributed by atoms with van der Waals surface area (Å²) in [4.78, 5) is 17.2. The van der Waals surface area contributed by atoms with Gasteiger partial charge in [-0.05, 0) is 62.4 Å². The van der Waals surface area contributed by atoms with Crippen molar-refractivity contribution in [3.8, 4) is 16.9 Å². The third-order valence-electron chi connectivity index (χ3n) is 6.33. The van der Waals surface area contributed by atoms with Crippen molar-refractivity contribution in [3.63, 3.8) is 0 Å². The number of benzene rings is 2. The molecule has 0 bridgehead atoms. The first kappa shape index (κ1) is 19.3. The molecular formula is C25H30N2O3. The van der Waals surface area contributed by atoms with Crippen LogP contribution in [0.2, 0.25) is 0 Å². The number of anilines is 1. The maximum atomic E-state index is 12.8. The van der Waals surface area contributed by atoms with Crippen LogP contribution in [0.1, 0.15) is 45.1 Å². The van der Waals surface area contributed by atoms with Crippen LogP contribution in [-0.2, 0) is 4.74 Å². The molecule has 5 nitrogen and oxygen atoms in total. The van der Waals surface area contributed by atoms with E-state index >= 15 is 0 Å². The number of ether oxygens (including phenoxy) is 2. The van der Waals surface area contributed by atoms with E-state index in [-0.39, 0.29) is 12.0 Å². The van der Waals surface area contributed by atoms with Gasteiger partial charge in [0, 0.05) is 31.6 Å². The Hall–Kier alpha value is -2.69. The first-order chi connectivity index (χ1) is 14.4. The predicted molar refractivity (Wildman–Crippen MR) is 118 cm³/mol. The predicted octanol–water partition coefficient (Wildman–Crippen LogP) is 5.05. The van der Waals surface area contributed by atoms with E-state index in [4.69, 9.17) is 9.47 Å². The highest BCUT2D eigenvalue weighted by Gasteiger charge is 2.45. The van der Waals surface area contributed by atoms with Gasteiger partial charge in [0.2, 0.25) is 0 Å². The molecule has 0 N–H and O–H groups in total. The maximum absolute atomic E-state index is 12.8. The molecule has 0 spiro atoms. The minimum absolute atomic E-state index is 0.205. The molecule has 2 aromatic rings. The summed E-state index contributed by atoms with van der Waals surface area (Å²) in [5.74, 6) is 1.27. The van der Waals surface area contributed by atoms with Crippen LogP contribution in [0.3, 0.4) is 0 Å². The smallest absolute Gasteiger partial charge is 0.410 e. The van der Waals surface area contributed by atoms with Gasteiger partial charge in [-0.25, -0.2) is 4.79 Å². The van der Waals surface area contributed by atoms with Gasteiger partial charge in [0.15, 0.2) is 0 Å². The second kappa shape index (κ2) is 7.22. The van der Waals surface area contributed by atoms with Crippen molar-refractivity contribution in [1.82, 2.24) is 4.90 Å². The molecule has 3 heterocycles. The average Bonchev–Trinajstić information content (AvgIpc) is 2.88. The number of hydrogen-bond acceptors (Lipinski definition) is 4. The van der Waals surface area contributed by atoms with Crippen molar-refractivity contribution in [2.45, 2.75) is 51.2 Å². The summed E-state index contributed by atoms with van der Waals surface area (Å²) >= 11 is 0. The molecule has 0 aromatic heterocycles. The number of rotatable bonds is 1. The van der Waals surface area contributed by atoms with Gasteiger partial charge in [0.05, 0.1) is 12.3 Å². The summed E-state index contributed by atoms with van der Waals surface area (Å²) in [6.07, 6.45) is 1.77. The highest BCUT2D eigenvalue weighted by molar-refractivity contribution is 5.79. The maximum Gasteiger partial charge on any atom is 0.410 e. The van der Waals surface area contributed by atoms with Crippen molar-refractivity contribution in [2.24, 2.45) is 0 Å². The number of nitrogens with zero attached hydrogens (tertiary/aromatic N) is 2. The molecule has 1 saturated heterocycles. The van der Waals surface area contributed by atoms with Crippen LogP contribution >= 0.6 is 0 Å². The Morgan fingerprint density at radius 3 is 2.67 bits per heavy atom. The number of amides is 1. The molecule has 5 heteroatoms. The van der Waals surface area contributed by atoms with Crippen LogP contribution in [0, 0.1) is 0 Å². The van der Waals surface area contributed by atoms with E-state index in [2.05, 4.69) is 41.3 Å². The summed E-state index contributed by atoms with van der Waals surface area (Å²) in [5, 5.41) is 0. The van der Waals surface area contributed by atoms with Crippen molar-refractivity contribution in [3.05, 3.63) is 48.0 Å². The van der Waals surface area contributed by atoms with E-state index in [1.54, 1.807) is 0 Å². The molecule has 0 unspecified atom stereocenters. The molecule has 30 heavy (non-hydrogen) atoms. The largest absolute Gasteiger partial charge is 0.491 e. The van der Waals surface area contributed by atoms with Crippen LogP contribution in [0.25, 0.3) is 11.1 Å². The Kier molecular flexibility index (Phi) is 4.64. The van der Waals surface area contributed by atoms with Gasteiger partial charge in [0.1, 0.15) is 11.4 Å². The standard InChI is InChI=1S/C25H30N2O3/c1-25(2,3)30-24(28)26-12-10-21-20(16-26)19-14-18(17-8-5-4-6-9-17)15-22-23(19)27(21)11-7-13-29-22/h4-6,8-9,14-15,20-21H,7,10-13,16H2,1-3H3/t20-,21-/m0/s1. The molecule has 3 aliphatic heterocycles. The molecular weight excluding hydrogens is 376 g/mol. The summed E-state index contributed by atoms with van der Waals surface area (Å²) in [6, 6.07) is 15.4. The molecule has 158 valence electrons. The minimum Gasteiger partial charge on any atom is -0.491 e. The lowest BCUT2D eigenvalue weighted by molar-refractivity contribution is 0.0189. The molecule has 0 radical (unpaired) electrons. The van der Waals surface area contributed by atoms with E-state index in [1.165, 1.54) is 22.4 Å². The molecule has 3 aliphatic rings. The van der Waals surface area contributed by atoms with Crippen LogP contribution in [0.15, 0.2) is 42.5 Å². The zero-order valence-corrected chi connectivity index (χ0v) is 18.1. The number of hydrogen-bond donors (Lipinski definition) is 0. The number of likely N-dealkylation sites (tertiary alicyclic amines) is 1. The third-order valence-corrected chi connectivity index (χ3v) is 6.33. The molecule has 5 rings (SSSR count). The second-order valence-corrected chi connectivity index (χ2v) is 9.56. The van der Waals surface area contributed by atoms with Gasteiger partial charge in [-0.2, -0.15) is 0 Å². The van der Waals surface area contributed by atoms with E-state index < -0.39 is 5.60 Å². The summed E-state index contributed by atoms with van der Waals surface area (Å²) in [6.45, 7) is 8.97. The summed E-state index contributed by atoms with van der Waals surface area (Å²) < 4.78 is 11.9. The van der Waals surface area contributed by atoms with Gasteiger partial charge in [-0.1, -0.05) is 30.3 Å². The Labute approximate surface area is 178 Å². The SMILES string of the molecule is CC(C)(C)OC(=O)N1CC[C@H]2[C@@H](C1)c1cc(-c3ccccc3)cc3c1N2CCCO3. The fraction of sp³-hybridized carbons (Fsp3) is 0.480. The van der Waals surface area contributed by atoms with Crippen LogP contribution in [0.4, 0.5) is 10.5 Å². The highest BCUT2D eigenvalue weighted by Crippen LogP contribution is 2.51. The second-order valence-electron chi connectivity index (χ2n) is 9.56. The number of fused-ring (bicyclic) bond motifs is 3. The Morgan fingerprint density at radius 1 is 1.10 bits per heavy atom. The lowest BCUT2D eigenvalue weighted by Crippen LogP contribution is -2.49. The number of piperidine rings is 1. The van der Waals surface area contributed by atoms with Gasteiger partial charge in [-0.15, -0.1) is 0 Å². The topological polar surface area (TPSA) is 42.0 Å². The van der Waals surface area contributed by atoms with Crippen molar-refractivity contribution >= 4 is 11.8 Å². The van der Waals surface area contributed by atoms with Gasteiger partial charge in [0.25, 0.3) is 0 Å². The lowest BCUT2D eigenvalue weighted by atomic mass is 9.87. The van der Waals surface area contributed by atoms with E-state index in [0.29, 0.717) is 12.6 Å². The molecule has 0 aliphatic carbocycles. The normalized spacial score (nSPS) is 22.6. The zero-order valence-electron chi connectivity index (χ0n) is 18.1. The van der Waals surface area contributed by atoms with Gasteiger partial charge in [-0.3, -0.25) is 0 Å². The first-order valence-electron chi connectivity index (χ1n) is 11.0. The summed E-state index contributed by atoms with van der Waals surface area (Å²) in [7, 11) is 0. The Morgan fingerprint density at radius 2 is 1.90 bits per heavy atom. The van der Waals surface area contributed by atoms with Crippen molar-refractivity contribution in [2.75, 3.05) is 31.1 Å². The Balaban J connectivity index is 1.52.